The van der Waals surface area contributed by atoms with Crippen LogP contribution in [0, 0.1) is 0 Å². The Hall–Kier alpha value is -1.35. The maximum atomic E-state index is 11.7. The van der Waals surface area contributed by atoms with E-state index in [4.69, 9.17) is 16.3 Å². The van der Waals surface area contributed by atoms with Crippen LogP contribution in [0.2, 0.25) is 5.02 Å². The van der Waals surface area contributed by atoms with E-state index >= 15 is 0 Å². The van der Waals surface area contributed by atoms with Gasteiger partial charge in [-0.25, -0.2) is 0 Å². The lowest BCUT2D eigenvalue weighted by Gasteiger charge is -2.03. The zero-order valence-electron chi connectivity index (χ0n) is 9.03. The fraction of sp³-hybridized carbons (Fsp3) is 0.333. The van der Waals surface area contributed by atoms with Gasteiger partial charge in [0.05, 0.1) is 18.1 Å². The van der Waals surface area contributed by atoms with Gasteiger partial charge in [-0.2, -0.15) is 0 Å². The van der Waals surface area contributed by atoms with Crippen LogP contribution in [0.5, 0.6) is 0 Å². The van der Waals surface area contributed by atoms with E-state index in [9.17, 15) is 9.59 Å². The molecule has 1 rings (SSSR count). The number of hydrogen-bond acceptors (Lipinski definition) is 3. The molecule has 0 saturated heterocycles. The average molecular weight is 241 g/mol. The number of benzene rings is 1. The highest BCUT2D eigenvalue weighted by Gasteiger charge is 2.12. The first-order chi connectivity index (χ1) is 7.65. The minimum atomic E-state index is -0.358. The van der Waals surface area contributed by atoms with Crippen molar-refractivity contribution in [3.8, 4) is 0 Å². The van der Waals surface area contributed by atoms with Crippen LogP contribution >= 0.6 is 11.6 Å². The Morgan fingerprint density at radius 2 is 1.94 bits per heavy atom. The zero-order valence-corrected chi connectivity index (χ0v) is 9.79. The molecule has 0 aromatic heterocycles. The lowest BCUT2D eigenvalue weighted by molar-refractivity contribution is -0.143. The van der Waals surface area contributed by atoms with E-state index in [1.807, 2.05) is 0 Å². The SMILES string of the molecule is CCOC(=O)CCC(=O)c1ccccc1Cl. The molecule has 0 radical (unpaired) electrons. The van der Waals surface area contributed by atoms with E-state index in [0.29, 0.717) is 17.2 Å². The van der Waals surface area contributed by atoms with E-state index in [2.05, 4.69) is 0 Å². The summed E-state index contributed by atoms with van der Waals surface area (Å²) in [6.45, 7) is 2.06. The smallest absolute Gasteiger partial charge is 0.306 e. The van der Waals surface area contributed by atoms with Gasteiger partial charge >= 0.3 is 5.97 Å². The molecule has 0 amide bonds. The molecule has 0 aliphatic heterocycles. The van der Waals surface area contributed by atoms with Crippen molar-refractivity contribution in [1.82, 2.24) is 0 Å². The molecule has 1 aromatic rings. The van der Waals surface area contributed by atoms with Gasteiger partial charge in [-0.3, -0.25) is 9.59 Å². The van der Waals surface area contributed by atoms with E-state index in [1.165, 1.54) is 0 Å². The fourth-order valence-electron chi connectivity index (χ4n) is 1.27. The van der Waals surface area contributed by atoms with Crippen LogP contribution in [-0.2, 0) is 9.53 Å². The minimum absolute atomic E-state index is 0.0951. The highest BCUT2D eigenvalue weighted by atomic mass is 35.5. The van der Waals surface area contributed by atoms with Crippen LogP contribution < -0.4 is 0 Å². The molecular formula is C12H13ClO3. The van der Waals surface area contributed by atoms with E-state index in [0.717, 1.165) is 0 Å². The summed E-state index contributed by atoms with van der Waals surface area (Å²) in [5.41, 5.74) is 0.452. The van der Waals surface area contributed by atoms with Gasteiger partial charge in [0, 0.05) is 12.0 Å². The molecule has 4 heteroatoms. The summed E-state index contributed by atoms with van der Waals surface area (Å²) >= 11 is 5.86. The maximum Gasteiger partial charge on any atom is 0.306 e. The van der Waals surface area contributed by atoms with E-state index in [-0.39, 0.29) is 24.6 Å². The summed E-state index contributed by atoms with van der Waals surface area (Å²) in [6, 6.07) is 6.79. The lowest BCUT2D eigenvalue weighted by atomic mass is 10.1. The first kappa shape index (κ1) is 12.7. The number of carbonyl (C=O) groups is 2. The molecule has 0 aliphatic carbocycles. The number of Topliss-reactive ketones (excluding diaryl/α,β-unsaturated/α-hetero) is 1. The van der Waals surface area contributed by atoms with Gasteiger partial charge in [0.2, 0.25) is 0 Å². The number of hydrogen-bond donors (Lipinski definition) is 0. The molecule has 0 unspecified atom stereocenters. The minimum Gasteiger partial charge on any atom is -0.466 e. The summed E-state index contributed by atoms with van der Waals surface area (Å²) in [5.74, 6) is -0.499. The quantitative estimate of drug-likeness (QED) is 0.587. The fourth-order valence-corrected chi connectivity index (χ4v) is 1.51. The summed E-state index contributed by atoms with van der Waals surface area (Å²) < 4.78 is 4.73. The largest absolute Gasteiger partial charge is 0.466 e. The third-order valence-corrected chi connectivity index (χ3v) is 2.37. The van der Waals surface area contributed by atoms with E-state index in [1.54, 1.807) is 31.2 Å². The predicted molar refractivity (Wildman–Crippen MR) is 61.6 cm³/mol. The summed E-state index contributed by atoms with van der Waals surface area (Å²) in [6.07, 6.45) is 0.223. The molecule has 0 fully saturated rings. The number of carbonyl (C=O) groups excluding carboxylic acids is 2. The molecule has 1 aromatic carbocycles. The van der Waals surface area contributed by atoms with Crippen LogP contribution in [0.25, 0.3) is 0 Å². The third-order valence-electron chi connectivity index (χ3n) is 2.04. The molecule has 16 heavy (non-hydrogen) atoms. The van der Waals surface area contributed by atoms with Crippen molar-refractivity contribution in [2.45, 2.75) is 19.8 Å². The highest BCUT2D eigenvalue weighted by Crippen LogP contribution is 2.17. The molecule has 0 spiro atoms. The molecule has 86 valence electrons. The molecule has 0 aliphatic rings. The zero-order chi connectivity index (χ0) is 12.0. The Morgan fingerprint density at radius 1 is 1.25 bits per heavy atom. The van der Waals surface area contributed by atoms with Gasteiger partial charge in [-0.15, -0.1) is 0 Å². The van der Waals surface area contributed by atoms with Crippen molar-refractivity contribution in [2.24, 2.45) is 0 Å². The van der Waals surface area contributed by atoms with Gasteiger partial charge in [0.1, 0.15) is 0 Å². The van der Waals surface area contributed by atoms with Crippen LogP contribution in [0.3, 0.4) is 0 Å². The number of esters is 1. The second kappa shape index (κ2) is 6.28. The van der Waals surface area contributed by atoms with Gasteiger partial charge in [0.15, 0.2) is 5.78 Å². The third kappa shape index (κ3) is 3.66. The standard InChI is InChI=1S/C12H13ClO3/c1-2-16-12(15)8-7-11(14)9-5-3-4-6-10(9)13/h3-6H,2,7-8H2,1H3. The van der Waals surface area contributed by atoms with Crippen molar-refractivity contribution in [2.75, 3.05) is 6.61 Å². The monoisotopic (exact) mass is 240 g/mol. The predicted octanol–water partition coefficient (Wildman–Crippen LogP) is 2.87. The molecule has 0 heterocycles. The average Bonchev–Trinajstić information content (AvgIpc) is 2.27. The lowest BCUT2D eigenvalue weighted by Crippen LogP contribution is -2.08. The first-order valence-corrected chi connectivity index (χ1v) is 5.46. The first-order valence-electron chi connectivity index (χ1n) is 5.08. The second-order valence-corrected chi connectivity index (χ2v) is 3.62. The van der Waals surface area contributed by atoms with Crippen molar-refractivity contribution in [1.29, 1.82) is 0 Å². The maximum absolute atomic E-state index is 11.7. The second-order valence-electron chi connectivity index (χ2n) is 3.21. The number of ether oxygens (including phenoxy) is 1. The molecular weight excluding hydrogens is 228 g/mol. The molecule has 0 atom stereocenters. The van der Waals surface area contributed by atoms with Crippen molar-refractivity contribution in [3.63, 3.8) is 0 Å². The van der Waals surface area contributed by atoms with Crippen LogP contribution in [-0.4, -0.2) is 18.4 Å². The Labute approximate surface area is 99.4 Å². The number of ketones is 1. The Bertz CT molecular complexity index is 388. The van der Waals surface area contributed by atoms with Gasteiger partial charge in [0.25, 0.3) is 0 Å². The van der Waals surface area contributed by atoms with Crippen LogP contribution in [0.1, 0.15) is 30.1 Å². The summed E-state index contributed by atoms with van der Waals surface area (Å²) in [7, 11) is 0. The normalized spacial score (nSPS) is 9.88. The van der Waals surface area contributed by atoms with Crippen LogP contribution in [0.4, 0.5) is 0 Å². The van der Waals surface area contributed by atoms with E-state index < -0.39 is 0 Å². The van der Waals surface area contributed by atoms with Crippen LogP contribution in [0.15, 0.2) is 24.3 Å². The summed E-state index contributed by atoms with van der Waals surface area (Å²) in [4.78, 5) is 22.7. The van der Waals surface area contributed by atoms with Gasteiger partial charge in [-0.05, 0) is 19.1 Å². The number of halogens is 1. The molecule has 0 saturated carbocycles. The summed E-state index contributed by atoms with van der Waals surface area (Å²) in [5, 5.41) is 0.413. The highest BCUT2D eigenvalue weighted by molar-refractivity contribution is 6.33. The Kier molecular flexibility index (Phi) is 4.99. The number of rotatable bonds is 5. The van der Waals surface area contributed by atoms with Gasteiger partial charge < -0.3 is 4.74 Å². The topological polar surface area (TPSA) is 43.4 Å². The van der Waals surface area contributed by atoms with Gasteiger partial charge in [-0.1, -0.05) is 23.7 Å². The Morgan fingerprint density at radius 3 is 2.56 bits per heavy atom. The van der Waals surface area contributed by atoms with Crippen molar-refractivity contribution >= 4 is 23.4 Å². The van der Waals surface area contributed by atoms with Crippen molar-refractivity contribution in [3.05, 3.63) is 34.9 Å². The molecule has 0 N–H and O–H groups in total. The van der Waals surface area contributed by atoms with Crippen molar-refractivity contribution < 1.29 is 14.3 Å². The molecule has 3 nitrogen and oxygen atoms in total. The Balaban J connectivity index is 2.54. The molecule has 0 bridgehead atoms.